The second-order valence-corrected chi connectivity index (χ2v) is 4.13. The van der Waals surface area contributed by atoms with E-state index in [-0.39, 0.29) is 11.8 Å². The largest absolute Gasteiger partial charge is 0.480 e. The van der Waals surface area contributed by atoms with Gasteiger partial charge in [-0.2, -0.15) is 0 Å². The zero-order valence-corrected chi connectivity index (χ0v) is 9.76. The smallest absolute Gasteiger partial charge is 0.328 e. The number of aliphatic carboxylic acids is 1. The van der Waals surface area contributed by atoms with Gasteiger partial charge in [0.25, 0.3) is 0 Å². The van der Waals surface area contributed by atoms with E-state index in [0.717, 1.165) is 6.54 Å². The minimum absolute atomic E-state index is 0.233. The van der Waals surface area contributed by atoms with Crippen molar-refractivity contribution in [3.8, 4) is 0 Å². The third-order valence-corrected chi connectivity index (χ3v) is 2.12. The van der Waals surface area contributed by atoms with Gasteiger partial charge in [-0.1, -0.05) is 13.8 Å². The molecule has 5 nitrogen and oxygen atoms in total. The Hall–Kier alpha value is -1.10. The van der Waals surface area contributed by atoms with Crippen LogP contribution in [-0.2, 0) is 9.59 Å². The van der Waals surface area contributed by atoms with Crippen molar-refractivity contribution in [3.05, 3.63) is 0 Å². The maximum atomic E-state index is 11.6. The van der Waals surface area contributed by atoms with Gasteiger partial charge in [0.1, 0.15) is 5.54 Å². The van der Waals surface area contributed by atoms with Crippen molar-refractivity contribution >= 4 is 11.9 Å². The fourth-order valence-corrected chi connectivity index (χ4v) is 0.938. The summed E-state index contributed by atoms with van der Waals surface area (Å²) < 4.78 is 0. The quantitative estimate of drug-likeness (QED) is 0.593. The SMILES string of the molecule is CCNCC(C)C(=O)NC(C)(C)C(=O)O. The van der Waals surface area contributed by atoms with E-state index >= 15 is 0 Å². The van der Waals surface area contributed by atoms with E-state index in [4.69, 9.17) is 5.11 Å². The maximum absolute atomic E-state index is 11.6. The van der Waals surface area contributed by atoms with E-state index in [1.54, 1.807) is 6.92 Å². The first-order valence-corrected chi connectivity index (χ1v) is 5.07. The molecule has 0 spiro atoms. The molecule has 1 atom stereocenters. The zero-order valence-electron chi connectivity index (χ0n) is 9.76. The van der Waals surface area contributed by atoms with Gasteiger partial charge in [0.05, 0.1) is 0 Å². The summed E-state index contributed by atoms with van der Waals surface area (Å²) in [4.78, 5) is 22.3. The molecule has 0 radical (unpaired) electrons. The predicted molar refractivity (Wildman–Crippen MR) is 57.6 cm³/mol. The van der Waals surface area contributed by atoms with Gasteiger partial charge in [-0.05, 0) is 20.4 Å². The number of rotatable bonds is 6. The van der Waals surface area contributed by atoms with Gasteiger partial charge in [-0.25, -0.2) is 4.79 Å². The van der Waals surface area contributed by atoms with Gasteiger partial charge < -0.3 is 15.7 Å². The molecule has 0 fully saturated rings. The van der Waals surface area contributed by atoms with Crippen LogP contribution in [-0.4, -0.2) is 35.6 Å². The highest BCUT2D eigenvalue weighted by atomic mass is 16.4. The van der Waals surface area contributed by atoms with Gasteiger partial charge >= 0.3 is 5.97 Å². The minimum atomic E-state index is -1.21. The number of carboxylic acid groups (broad SMARTS) is 1. The standard InChI is InChI=1S/C10H20N2O3/c1-5-11-6-7(2)8(13)12-10(3,4)9(14)15/h7,11H,5-6H2,1-4H3,(H,12,13)(H,14,15). The summed E-state index contributed by atoms with van der Waals surface area (Å²) in [6.07, 6.45) is 0. The number of carboxylic acids is 1. The lowest BCUT2D eigenvalue weighted by atomic mass is 10.0. The van der Waals surface area contributed by atoms with Crippen LogP contribution in [0.4, 0.5) is 0 Å². The Labute approximate surface area is 90.2 Å². The van der Waals surface area contributed by atoms with E-state index in [9.17, 15) is 9.59 Å². The van der Waals surface area contributed by atoms with Crippen LogP contribution in [0, 0.1) is 5.92 Å². The van der Waals surface area contributed by atoms with Crippen LogP contribution in [0.2, 0.25) is 0 Å². The van der Waals surface area contributed by atoms with Crippen LogP contribution in [0.25, 0.3) is 0 Å². The second kappa shape index (κ2) is 5.70. The second-order valence-electron chi connectivity index (χ2n) is 4.13. The average Bonchev–Trinajstić information content (AvgIpc) is 2.13. The summed E-state index contributed by atoms with van der Waals surface area (Å²) in [5, 5.41) is 14.3. The molecule has 88 valence electrons. The van der Waals surface area contributed by atoms with Gasteiger partial charge in [-0.3, -0.25) is 4.79 Å². The van der Waals surface area contributed by atoms with E-state index in [1.165, 1.54) is 13.8 Å². The van der Waals surface area contributed by atoms with Gasteiger partial charge in [0.2, 0.25) is 5.91 Å². The van der Waals surface area contributed by atoms with Crippen molar-refractivity contribution < 1.29 is 14.7 Å². The zero-order chi connectivity index (χ0) is 12.1. The Bertz CT molecular complexity index is 239. The van der Waals surface area contributed by atoms with E-state index < -0.39 is 11.5 Å². The van der Waals surface area contributed by atoms with Crippen molar-refractivity contribution in [1.82, 2.24) is 10.6 Å². The lowest BCUT2D eigenvalue weighted by molar-refractivity contribution is -0.146. The topological polar surface area (TPSA) is 78.4 Å². The van der Waals surface area contributed by atoms with Gasteiger partial charge in [0, 0.05) is 12.5 Å². The monoisotopic (exact) mass is 216 g/mol. The van der Waals surface area contributed by atoms with Crippen LogP contribution in [0.3, 0.4) is 0 Å². The first-order chi connectivity index (χ1) is 6.81. The molecule has 0 aromatic heterocycles. The van der Waals surface area contributed by atoms with Crippen molar-refractivity contribution in [2.45, 2.75) is 33.2 Å². The molecule has 0 aromatic rings. The Morgan fingerprint density at radius 3 is 2.33 bits per heavy atom. The third-order valence-electron chi connectivity index (χ3n) is 2.12. The van der Waals surface area contributed by atoms with Crippen LogP contribution < -0.4 is 10.6 Å². The Kier molecular flexibility index (Phi) is 5.28. The average molecular weight is 216 g/mol. The van der Waals surface area contributed by atoms with Crippen LogP contribution >= 0.6 is 0 Å². The molecule has 0 heterocycles. The van der Waals surface area contributed by atoms with Crippen molar-refractivity contribution in [2.75, 3.05) is 13.1 Å². The van der Waals surface area contributed by atoms with E-state index in [1.807, 2.05) is 6.92 Å². The van der Waals surface area contributed by atoms with Gasteiger partial charge in [-0.15, -0.1) is 0 Å². The molecule has 0 aromatic carbocycles. The molecule has 0 saturated carbocycles. The van der Waals surface area contributed by atoms with Gasteiger partial charge in [0.15, 0.2) is 0 Å². The molecule has 3 N–H and O–H groups in total. The number of carbonyl (C=O) groups excluding carboxylic acids is 1. The summed E-state index contributed by atoms with van der Waals surface area (Å²) in [6.45, 7) is 7.99. The van der Waals surface area contributed by atoms with E-state index in [0.29, 0.717) is 6.54 Å². The Balaban J connectivity index is 4.18. The van der Waals surface area contributed by atoms with Crippen LogP contribution in [0.5, 0.6) is 0 Å². The highest BCUT2D eigenvalue weighted by molar-refractivity contribution is 5.87. The van der Waals surface area contributed by atoms with E-state index in [2.05, 4.69) is 10.6 Å². The van der Waals surface area contributed by atoms with Crippen molar-refractivity contribution in [1.29, 1.82) is 0 Å². The molecule has 0 saturated heterocycles. The lowest BCUT2D eigenvalue weighted by Crippen LogP contribution is -2.52. The predicted octanol–water partition coefficient (Wildman–Crippen LogP) is 0.211. The molecule has 0 aliphatic heterocycles. The molecule has 1 unspecified atom stereocenters. The Morgan fingerprint density at radius 2 is 1.93 bits per heavy atom. The summed E-state index contributed by atoms with van der Waals surface area (Å²) in [5.41, 5.74) is -1.21. The maximum Gasteiger partial charge on any atom is 0.328 e. The molecule has 0 aliphatic rings. The normalized spacial score (nSPS) is 13.3. The Morgan fingerprint density at radius 1 is 1.40 bits per heavy atom. The summed E-state index contributed by atoms with van der Waals surface area (Å²) in [6, 6.07) is 0. The number of hydrogen-bond donors (Lipinski definition) is 3. The van der Waals surface area contributed by atoms with Crippen LogP contribution in [0.15, 0.2) is 0 Å². The number of amides is 1. The van der Waals surface area contributed by atoms with Crippen LogP contribution in [0.1, 0.15) is 27.7 Å². The first-order valence-electron chi connectivity index (χ1n) is 5.07. The summed E-state index contributed by atoms with van der Waals surface area (Å²) in [5.74, 6) is -1.52. The third kappa shape index (κ3) is 4.78. The lowest BCUT2D eigenvalue weighted by Gasteiger charge is -2.23. The molecular weight excluding hydrogens is 196 g/mol. The van der Waals surface area contributed by atoms with Crippen molar-refractivity contribution in [2.24, 2.45) is 5.92 Å². The molecule has 1 amide bonds. The summed E-state index contributed by atoms with van der Waals surface area (Å²) in [7, 11) is 0. The molecule has 0 aliphatic carbocycles. The molecule has 0 rings (SSSR count). The minimum Gasteiger partial charge on any atom is -0.480 e. The molecule has 15 heavy (non-hydrogen) atoms. The molecule has 5 heteroatoms. The number of carbonyl (C=O) groups is 2. The first kappa shape index (κ1) is 13.9. The number of hydrogen-bond acceptors (Lipinski definition) is 3. The molecule has 0 bridgehead atoms. The fraction of sp³-hybridized carbons (Fsp3) is 0.800. The summed E-state index contributed by atoms with van der Waals surface area (Å²) >= 11 is 0. The molecular formula is C10H20N2O3. The van der Waals surface area contributed by atoms with Crippen molar-refractivity contribution in [3.63, 3.8) is 0 Å². The number of nitrogens with one attached hydrogen (secondary N) is 2. The highest BCUT2D eigenvalue weighted by Gasteiger charge is 2.30. The highest BCUT2D eigenvalue weighted by Crippen LogP contribution is 2.04. The fourth-order valence-electron chi connectivity index (χ4n) is 0.938.